The summed E-state index contributed by atoms with van der Waals surface area (Å²) in [4.78, 5) is 3.52. The molecule has 3 rings (SSSR count). The zero-order valence-electron chi connectivity index (χ0n) is 10.5. The van der Waals surface area contributed by atoms with Crippen LogP contribution in [-0.4, -0.2) is 18.1 Å². The number of methoxy groups -OCH3 is 1. The van der Waals surface area contributed by atoms with Crippen LogP contribution in [0.25, 0.3) is 10.9 Å². The average molecular weight is 230 g/mol. The van der Waals surface area contributed by atoms with E-state index >= 15 is 0 Å². The Kier molecular flexibility index (Phi) is 2.37. The third-order valence-corrected chi connectivity index (χ3v) is 3.62. The Bertz CT molecular complexity index is 559. The van der Waals surface area contributed by atoms with Crippen molar-refractivity contribution in [2.45, 2.75) is 32.4 Å². The summed E-state index contributed by atoms with van der Waals surface area (Å²) in [7, 11) is 1.72. The molecule has 1 aromatic carbocycles. The van der Waals surface area contributed by atoms with Gasteiger partial charge in [-0.2, -0.15) is 0 Å². The molecule has 0 unspecified atom stereocenters. The molecule has 0 saturated carbocycles. The van der Waals surface area contributed by atoms with Gasteiger partial charge in [-0.25, -0.2) is 0 Å². The van der Waals surface area contributed by atoms with E-state index < -0.39 is 0 Å². The Morgan fingerprint density at radius 3 is 2.88 bits per heavy atom. The first-order valence-corrected chi connectivity index (χ1v) is 6.13. The Morgan fingerprint density at radius 1 is 1.29 bits per heavy atom. The van der Waals surface area contributed by atoms with Crippen LogP contribution >= 0.6 is 0 Å². The summed E-state index contributed by atoms with van der Waals surface area (Å²) in [5.41, 5.74) is 3.97. The molecule has 17 heavy (non-hydrogen) atoms. The van der Waals surface area contributed by atoms with Gasteiger partial charge in [-0.05, 0) is 44.0 Å². The van der Waals surface area contributed by atoms with Gasteiger partial charge < -0.3 is 15.0 Å². The zero-order chi connectivity index (χ0) is 12.0. The number of aromatic amines is 1. The second-order valence-electron chi connectivity index (χ2n) is 4.92. The predicted octanol–water partition coefficient (Wildman–Crippen LogP) is 2.77. The second kappa shape index (κ2) is 3.77. The largest absolute Gasteiger partial charge is 0.497 e. The van der Waals surface area contributed by atoms with E-state index in [2.05, 4.69) is 36.3 Å². The maximum Gasteiger partial charge on any atom is 0.119 e. The summed E-state index contributed by atoms with van der Waals surface area (Å²) < 4.78 is 5.31. The Balaban J connectivity index is 2.22. The SMILES string of the molecule is COc1ccc2[nH]c3c(c2c1)C[C@@H](C)N[C@@H]3C. The van der Waals surface area contributed by atoms with Crippen molar-refractivity contribution < 1.29 is 4.74 Å². The van der Waals surface area contributed by atoms with Crippen LogP contribution in [0.4, 0.5) is 0 Å². The molecule has 3 heteroatoms. The van der Waals surface area contributed by atoms with Gasteiger partial charge in [0.25, 0.3) is 0 Å². The summed E-state index contributed by atoms with van der Waals surface area (Å²) in [6.07, 6.45) is 1.08. The van der Waals surface area contributed by atoms with Crippen LogP contribution < -0.4 is 10.1 Å². The van der Waals surface area contributed by atoms with Crippen molar-refractivity contribution in [2.24, 2.45) is 0 Å². The first-order chi connectivity index (χ1) is 8.19. The van der Waals surface area contributed by atoms with E-state index in [9.17, 15) is 0 Å². The lowest BCUT2D eigenvalue weighted by atomic mass is 9.95. The number of H-pyrrole nitrogens is 1. The van der Waals surface area contributed by atoms with E-state index in [1.807, 2.05) is 6.07 Å². The lowest BCUT2D eigenvalue weighted by Crippen LogP contribution is -2.35. The molecular formula is C14H18N2O. The van der Waals surface area contributed by atoms with E-state index in [1.165, 1.54) is 22.2 Å². The van der Waals surface area contributed by atoms with Crippen LogP contribution in [0.2, 0.25) is 0 Å². The number of aromatic nitrogens is 1. The van der Waals surface area contributed by atoms with Gasteiger partial charge in [0.1, 0.15) is 5.75 Å². The van der Waals surface area contributed by atoms with Gasteiger partial charge in [-0.3, -0.25) is 0 Å². The third kappa shape index (κ3) is 1.62. The van der Waals surface area contributed by atoms with Crippen molar-refractivity contribution >= 4 is 10.9 Å². The Hall–Kier alpha value is -1.48. The maximum atomic E-state index is 5.31. The van der Waals surface area contributed by atoms with Crippen LogP contribution in [0.1, 0.15) is 31.1 Å². The van der Waals surface area contributed by atoms with E-state index in [0.717, 1.165) is 12.2 Å². The molecule has 0 fully saturated rings. The number of benzene rings is 1. The molecule has 0 aliphatic carbocycles. The second-order valence-corrected chi connectivity index (χ2v) is 4.92. The minimum absolute atomic E-state index is 0.396. The summed E-state index contributed by atoms with van der Waals surface area (Å²) >= 11 is 0. The van der Waals surface area contributed by atoms with Gasteiger partial charge in [0.2, 0.25) is 0 Å². The fourth-order valence-electron chi connectivity index (χ4n) is 2.84. The number of rotatable bonds is 1. The van der Waals surface area contributed by atoms with E-state index in [4.69, 9.17) is 4.74 Å². The molecule has 2 atom stereocenters. The van der Waals surface area contributed by atoms with Crippen molar-refractivity contribution in [3.63, 3.8) is 0 Å². The van der Waals surface area contributed by atoms with E-state index in [-0.39, 0.29) is 0 Å². The van der Waals surface area contributed by atoms with Crippen LogP contribution in [0.15, 0.2) is 18.2 Å². The number of hydrogen-bond acceptors (Lipinski definition) is 2. The Labute approximate surface area is 101 Å². The predicted molar refractivity (Wildman–Crippen MR) is 69.6 cm³/mol. The average Bonchev–Trinajstić information content (AvgIpc) is 2.67. The van der Waals surface area contributed by atoms with Gasteiger partial charge in [0.15, 0.2) is 0 Å². The van der Waals surface area contributed by atoms with Gasteiger partial charge in [0.05, 0.1) is 7.11 Å². The van der Waals surface area contributed by atoms with E-state index in [0.29, 0.717) is 12.1 Å². The molecule has 1 aliphatic rings. The molecule has 2 heterocycles. The summed E-state index contributed by atoms with van der Waals surface area (Å²) in [5, 5.41) is 4.87. The lowest BCUT2D eigenvalue weighted by Gasteiger charge is -2.26. The van der Waals surface area contributed by atoms with Crippen molar-refractivity contribution in [1.82, 2.24) is 10.3 Å². The van der Waals surface area contributed by atoms with Crippen LogP contribution in [0.3, 0.4) is 0 Å². The first-order valence-electron chi connectivity index (χ1n) is 6.13. The number of nitrogens with one attached hydrogen (secondary N) is 2. The molecule has 1 aromatic heterocycles. The molecule has 0 amide bonds. The summed E-state index contributed by atoms with van der Waals surface area (Å²) in [6.45, 7) is 4.44. The highest BCUT2D eigenvalue weighted by molar-refractivity contribution is 5.86. The van der Waals surface area contributed by atoms with Crippen molar-refractivity contribution in [3.05, 3.63) is 29.5 Å². The first kappa shape index (κ1) is 10.7. The summed E-state index contributed by atoms with van der Waals surface area (Å²) in [6, 6.07) is 7.17. The number of ether oxygens (including phenoxy) is 1. The molecule has 0 radical (unpaired) electrons. The molecule has 0 bridgehead atoms. The highest BCUT2D eigenvalue weighted by Gasteiger charge is 2.24. The smallest absolute Gasteiger partial charge is 0.119 e. The quantitative estimate of drug-likeness (QED) is 0.790. The van der Waals surface area contributed by atoms with Gasteiger partial charge in [-0.1, -0.05) is 0 Å². The van der Waals surface area contributed by atoms with Crippen LogP contribution in [0.5, 0.6) is 5.75 Å². The number of hydrogen-bond donors (Lipinski definition) is 2. The molecule has 2 N–H and O–H groups in total. The van der Waals surface area contributed by atoms with Crippen LogP contribution in [0, 0.1) is 0 Å². The normalized spacial score (nSPS) is 23.7. The summed E-state index contributed by atoms with van der Waals surface area (Å²) in [5.74, 6) is 0.929. The highest BCUT2D eigenvalue weighted by atomic mass is 16.5. The molecular weight excluding hydrogens is 212 g/mol. The highest BCUT2D eigenvalue weighted by Crippen LogP contribution is 2.33. The molecule has 0 saturated heterocycles. The molecule has 0 spiro atoms. The lowest BCUT2D eigenvalue weighted by molar-refractivity contribution is 0.415. The number of fused-ring (bicyclic) bond motifs is 3. The van der Waals surface area contributed by atoms with Gasteiger partial charge in [-0.15, -0.1) is 0 Å². The maximum absolute atomic E-state index is 5.31. The molecule has 90 valence electrons. The van der Waals surface area contributed by atoms with Crippen molar-refractivity contribution in [2.75, 3.05) is 7.11 Å². The monoisotopic (exact) mass is 230 g/mol. The Morgan fingerprint density at radius 2 is 2.12 bits per heavy atom. The van der Waals surface area contributed by atoms with E-state index in [1.54, 1.807) is 7.11 Å². The minimum Gasteiger partial charge on any atom is -0.497 e. The fraction of sp³-hybridized carbons (Fsp3) is 0.429. The van der Waals surface area contributed by atoms with Crippen LogP contribution in [-0.2, 0) is 6.42 Å². The van der Waals surface area contributed by atoms with Gasteiger partial charge in [0, 0.05) is 28.7 Å². The molecule has 1 aliphatic heterocycles. The topological polar surface area (TPSA) is 37.0 Å². The van der Waals surface area contributed by atoms with Crippen molar-refractivity contribution in [1.29, 1.82) is 0 Å². The van der Waals surface area contributed by atoms with Crippen molar-refractivity contribution in [3.8, 4) is 5.75 Å². The standard InChI is InChI=1S/C14H18N2O/c1-8-6-12-11-7-10(17-3)4-5-13(11)16-14(12)9(2)15-8/h4-5,7-9,15-16H,6H2,1-3H3/t8-,9-/m1/s1. The fourth-order valence-corrected chi connectivity index (χ4v) is 2.84. The minimum atomic E-state index is 0.396. The molecule has 2 aromatic rings. The van der Waals surface area contributed by atoms with Gasteiger partial charge >= 0.3 is 0 Å². The molecule has 3 nitrogen and oxygen atoms in total. The third-order valence-electron chi connectivity index (χ3n) is 3.62. The zero-order valence-corrected chi connectivity index (χ0v) is 10.5.